The Labute approximate surface area is 172 Å². The first kappa shape index (κ1) is 20.9. The van der Waals surface area contributed by atoms with E-state index in [0.717, 1.165) is 29.7 Å². The Bertz CT molecular complexity index is 848. The van der Waals surface area contributed by atoms with Gasteiger partial charge in [0.05, 0.1) is 12.2 Å². The highest BCUT2D eigenvalue weighted by Crippen LogP contribution is 2.40. The van der Waals surface area contributed by atoms with Gasteiger partial charge in [-0.05, 0) is 61.9 Å². The lowest BCUT2D eigenvalue weighted by Gasteiger charge is -2.18. The van der Waals surface area contributed by atoms with E-state index in [4.69, 9.17) is 4.74 Å². The van der Waals surface area contributed by atoms with Crippen LogP contribution in [0.4, 0.5) is 9.39 Å². The Morgan fingerprint density at radius 2 is 2.07 bits per heavy atom. The van der Waals surface area contributed by atoms with E-state index in [1.54, 1.807) is 19.1 Å². The second-order valence-electron chi connectivity index (χ2n) is 6.88. The predicted molar refractivity (Wildman–Crippen MR) is 112 cm³/mol. The molecular weight excluding hydrogens is 397 g/mol. The van der Waals surface area contributed by atoms with Crippen LogP contribution in [0.2, 0.25) is 0 Å². The molecule has 1 heterocycles. The van der Waals surface area contributed by atoms with Crippen LogP contribution in [0.3, 0.4) is 0 Å². The number of esters is 1. The SMILES string of the molecule is CCOC(=O)c1c(NC(=O)CCSc2ccc(F)cc2)sc2c1CC[C@@H](C)C2. The number of thioether (sulfide) groups is 1. The molecule has 1 amide bonds. The van der Waals surface area contributed by atoms with Gasteiger partial charge in [0.1, 0.15) is 10.8 Å². The lowest BCUT2D eigenvalue weighted by molar-refractivity contribution is -0.115. The predicted octanol–water partition coefficient (Wildman–Crippen LogP) is 5.31. The molecule has 3 rings (SSSR count). The second kappa shape index (κ2) is 9.56. The van der Waals surface area contributed by atoms with Gasteiger partial charge in [-0.2, -0.15) is 0 Å². The van der Waals surface area contributed by atoms with Crippen molar-refractivity contribution in [2.45, 2.75) is 44.4 Å². The monoisotopic (exact) mass is 421 g/mol. The van der Waals surface area contributed by atoms with Crippen molar-refractivity contribution in [2.24, 2.45) is 5.92 Å². The van der Waals surface area contributed by atoms with Gasteiger partial charge in [-0.15, -0.1) is 23.1 Å². The molecule has 2 aromatic rings. The number of carbonyl (C=O) groups is 2. The van der Waals surface area contributed by atoms with Crippen LogP contribution < -0.4 is 5.32 Å². The number of thiophene rings is 1. The topological polar surface area (TPSA) is 55.4 Å². The molecule has 4 nitrogen and oxygen atoms in total. The fourth-order valence-corrected chi connectivity index (χ4v) is 5.51. The summed E-state index contributed by atoms with van der Waals surface area (Å²) in [6, 6.07) is 6.22. The largest absolute Gasteiger partial charge is 0.462 e. The minimum absolute atomic E-state index is 0.133. The lowest BCUT2D eigenvalue weighted by atomic mass is 9.88. The third kappa shape index (κ3) is 5.14. The standard InChI is InChI=1S/C21H24FNO3S2/c1-3-26-21(25)19-16-9-4-13(2)12-17(16)28-20(19)23-18(24)10-11-27-15-7-5-14(22)6-8-15/h5-8,13H,3-4,9-12H2,1-2H3,(H,23,24)/t13-/m1/s1. The van der Waals surface area contributed by atoms with Crippen molar-refractivity contribution >= 4 is 40.0 Å². The fraction of sp³-hybridized carbons (Fsp3) is 0.429. The summed E-state index contributed by atoms with van der Waals surface area (Å²) < 4.78 is 18.2. The second-order valence-corrected chi connectivity index (χ2v) is 9.15. The molecule has 0 unspecified atom stereocenters. The summed E-state index contributed by atoms with van der Waals surface area (Å²) in [6.45, 7) is 4.29. The van der Waals surface area contributed by atoms with Gasteiger partial charge in [0, 0.05) is 21.9 Å². The lowest BCUT2D eigenvalue weighted by Crippen LogP contribution is -2.16. The number of amides is 1. The number of anilines is 1. The molecule has 0 spiro atoms. The highest BCUT2D eigenvalue weighted by atomic mass is 32.2. The Morgan fingerprint density at radius 3 is 2.79 bits per heavy atom. The number of fused-ring (bicyclic) bond motifs is 1. The molecule has 7 heteroatoms. The molecule has 1 N–H and O–H groups in total. The molecule has 1 aliphatic carbocycles. The van der Waals surface area contributed by atoms with Crippen LogP contribution in [0.15, 0.2) is 29.2 Å². The molecule has 0 aliphatic heterocycles. The van der Waals surface area contributed by atoms with Gasteiger partial charge < -0.3 is 10.1 Å². The van der Waals surface area contributed by atoms with E-state index in [1.165, 1.54) is 40.1 Å². The van der Waals surface area contributed by atoms with Crippen LogP contribution >= 0.6 is 23.1 Å². The van der Waals surface area contributed by atoms with Crippen molar-refractivity contribution in [3.63, 3.8) is 0 Å². The van der Waals surface area contributed by atoms with E-state index < -0.39 is 0 Å². The summed E-state index contributed by atoms with van der Waals surface area (Å²) in [6.07, 6.45) is 3.13. The molecule has 0 fully saturated rings. The Kier molecular flexibility index (Phi) is 7.13. The summed E-state index contributed by atoms with van der Waals surface area (Å²) in [5, 5.41) is 3.53. The van der Waals surface area contributed by atoms with E-state index in [-0.39, 0.29) is 17.7 Å². The number of nitrogens with one attached hydrogen (secondary N) is 1. The van der Waals surface area contributed by atoms with E-state index >= 15 is 0 Å². The smallest absolute Gasteiger partial charge is 0.341 e. The number of hydrogen-bond acceptors (Lipinski definition) is 5. The van der Waals surface area contributed by atoms with Gasteiger partial charge in [-0.25, -0.2) is 9.18 Å². The van der Waals surface area contributed by atoms with Crippen molar-refractivity contribution in [2.75, 3.05) is 17.7 Å². The van der Waals surface area contributed by atoms with Gasteiger partial charge in [0.25, 0.3) is 0 Å². The summed E-state index contributed by atoms with van der Waals surface area (Å²) in [5.74, 6) is 0.396. The Hall–Kier alpha value is -1.86. The van der Waals surface area contributed by atoms with Crippen LogP contribution in [-0.4, -0.2) is 24.2 Å². The number of hydrogen-bond donors (Lipinski definition) is 1. The zero-order valence-electron chi connectivity index (χ0n) is 16.0. The van der Waals surface area contributed by atoms with Crippen LogP contribution in [-0.2, 0) is 22.4 Å². The van der Waals surface area contributed by atoms with Crippen molar-refractivity contribution in [3.8, 4) is 0 Å². The molecule has 150 valence electrons. The summed E-state index contributed by atoms with van der Waals surface area (Å²) >= 11 is 3.00. The number of ether oxygens (including phenoxy) is 1. The molecule has 0 bridgehead atoms. The zero-order chi connectivity index (χ0) is 20.1. The van der Waals surface area contributed by atoms with E-state index in [9.17, 15) is 14.0 Å². The van der Waals surface area contributed by atoms with Gasteiger partial charge >= 0.3 is 5.97 Å². The molecule has 1 aliphatic rings. The first-order valence-electron chi connectivity index (χ1n) is 9.47. The minimum atomic E-state index is -0.356. The molecule has 0 saturated carbocycles. The number of carbonyl (C=O) groups excluding carboxylic acids is 2. The average Bonchev–Trinajstić information content (AvgIpc) is 3.00. The van der Waals surface area contributed by atoms with Crippen LogP contribution in [0.25, 0.3) is 0 Å². The van der Waals surface area contributed by atoms with Gasteiger partial charge in [0.15, 0.2) is 0 Å². The zero-order valence-corrected chi connectivity index (χ0v) is 17.7. The Morgan fingerprint density at radius 1 is 1.32 bits per heavy atom. The molecular formula is C21H24FNO3S2. The highest BCUT2D eigenvalue weighted by molar-refractivity contribution is 7.99. The third-order valence-electron chi connectivity index (χ3n) is 4.66. The van der Waals surface area contributed by atoms with Crippen molar-refractivity contribution in [1.29, 1.82) is 0 Å². The first-order chi connectivity index (χ1) is 13.5. The summed E-state index contributed by atoms with van der Waals surface area (Å²) in [7, 11) is 0. The third-order valence-corrected chi connectivity index (χ3v) is 6.84. The first-order valence-corrected chi connectivity index (χ1v) is 11.3. The molecule has 1 atom stereocenters. The van der Waals surface area contributed by atoms with E-state index in [0.29, 0.717) is 35.3 Å². The quantitative estimate of drug-likeness (QED) is 0.486. The maximum Gasteiger partial charge on any atom is 0.341 e. The number of benzene rings is 1. The van der Waals surface area contributed by atoms with Crippen molar-refractivity contribution in [3.05, 3.63) is 46.1 Å². The molecule has 0 radical (unpaired) electrons. The van der Waals surface area contributed by atoms with Crippen LogP contribution in [0.1, 0.15) is 47.5 Å². The molecule has 28 heavy (non-hydrogen) atoms. The molecule has 1 aromatic heterocycles. The maximum absolute atomic E-state index is 12.9. The normalized spacial score (nSPS) is 15.8. The number of halogens is 1. The highest BCUT2D eigenvalue weighted by Gasteiger charge is 2.29. The van der Waals surface area contributed by atoms with Gasteiger partial charge in [-0.1, -0.05) is 6.92 Å². The Balaban J connectivity index is 1.66. The maximum atomic E-state index is 12.9. The number of rotatable bonds is 7. The minimum Gasteiger partial charge on any atom is -0.462 e. The summed E-state index contributed by atoms with van der Waals surface area (Å²) in [4.78, 5) is 27.0. The molecule has 0 saturated heterocycles. The van der Waals surface area contributed by atoms with E-state index in [2.05, 4.69) is 12.2 Å². The molecule has 1 aromatic carbocycles. The van der Waals surface area contributed by atoms with E-state index in [1.807, 2.05) is 0 Å². The van der Waals surface area contributed by atoms with Gasteiger partial charge in [-0.3, -0.25) is 4.79 Å². The van der Waals surface area contributed by atoms with Crippen LogP contribution in [0.5, 0.6) is 0 Å². The summed E-state index contributed by atoms with van der Waals surface area (Å²) in [5.41, 5.74) is 1.57. The van der Waals surface area contributed by atoms with Crippen LogP contribution in [0, 0.1) is 11.7 Å². The fourth-order valence-electron chi connectivity index (χ4n) is 3.24. The van der Waals surface area contributed by atoms with Crippen molar-refractivity contribution in [1.82, 2.24) is 0 Å². The van der Waals surface area contributed by atoms with Crippen molar-refractivity contribution < 1.29 is 18.7 Å². The van der Waals surface area contributed by atoms with Gasteiger partial charge in [0.2, 0.25) is 5.91 Å². The average molecular weight is 422 g/mol.